The number of nitrogen functional groups attached to an aromatic ring is 1. The second-order valence-electron chi connectivity index (χ2n) is 5.48. The third kappa shape index (κ3) is 2.47. The predicted octanol–water partition coefficient (Wildman–Crippen LogP) is 2.39. The molecule has 0 radical (unpaired) electrons. The van der Waals surface area contributed by atoms with Crippen LogP contribution in [0.2, 0.25) is 0 Å². The number of aromatic nitrogens is 2. The van der Waals surface area contributed by atoms with Crippen LogP contribution in [0.1, 0.15) is 18.5 Å². The van der Waals surface area contributed by atoms with Gasteiger partial charge < -0.3 is 5.73 Å². The number of piperidine rings is 1. The fourth-order valence-corrected chi connectivity index (χ4v) is 2.72. The molecule has 1 aliphatic rings. The summed E-state index contributed by atoms with van der Waals surface area (Å²) in [5.74, 6) is -2.51. The van der Waals surface area contributed by atoms with Crippen LogP contribution in [0, 0.1) is 0 Å². The second kappa shape index (κ2) is 4.70. The van der Waals surface area contributed by atoms with Gasteiger partial charge in [0, 0.05) is 50.6 Å². The van der Waals surface area contributed by atoms with Gasteiger partial charge in [-0.15, -0.1) is 0 Å². The van der Waals surface area contributed by atoms with Crippen LogP contribution in [0.25, 0.3) is 10.9 Å². The zero-order valence-electron chi connectivity index (χ0n) is 11.4. The molecule has 1 aromatic heterocycles. The standard InChI is InChI=1S/C14H18F2N4/c1-19-13-3-2-10(17)8-11(13)12(18-19)9-20-6-4-14(15,16)5-7-20/h2-3,8H,4-7,9,17H2,1H3. The Balaban J connectivity index is 1.83. The van der Waals surface area contributed by atoms with Crippen LogP contribution in [0.4, 0.5) is 14.5 Å². The lowest BCUT2D eigenvalue weighted by atomic mass is 10.1. The van der Waals surface area contributed by atoms with Crippen molar-refractivity contribution in [1.29, 1.82) is 0 Å². The Morgan fingerprint density at radius 3 is 2.70 bits per heavy atom. The summed E-state index contributed by atoms with van der Waals surface area (Å²) >= 11 is 0. The number of hydrogen-bond acceptors (Lipinski definition) is 3. The molecular formula is C14H18F2N4. The number of aryl methyl sites for hydroxylation is 1. The number of benzene rings is 1. The maximum Gasteiger partial charge on any atom is 0.250 e. The molecule has 3 rings (SSSR count). The summed E-state index contributed by atoms with van der Waals surface area (Å²) in [7, 11) is 1.88. The normalized spacial score (nSPS) is 19.6. The number of likely N-dealkylation sites (tertiary alicyclic amines) is 1. The summed E-state index contributed by atoms with van der Waals surface area (Å²) < 4.78 is 28.1. The number of alkyl halides is 2. The van der Waals surface area contributed by atoms with Crippen LogP contribution in [-0.4, -0.2) is 33.7 Å². The number of anilines is 1. The summed E-state index contributed by atoms with van der Waals surface area (Å²) in [5.41, 5.74) is 8.43. The first-order valence-corrected chi connectivity index (χ1v) is 6.76. The number of nitrogens with two attached hydrogens (primary N) is 1. The molecule has 0 amide bonds. The highest BCUT2D eigenvalue weighted by Crippen LogP contribution is 2.29. The number of fused-ring (bicyclic) bond motifs is 1. The van der Waals surface area contributed by atoms with Gasteiger partial charge >= 0.3 is 0 Å². The van der Waals surface area contributed by atoms with Gasteiger partial charge in [0.05, 0.1) is 11.2 Å². The molecule has 0 aliphatic carbocycles. The van der Waals surface area contributed by atoms with Crippen molar-refractivity contribution in [2.24, 2.45) is 7.05 Å². The van der Waals surface area contributed by atoms with Crippen molar-refractivity contribution >= 4 is 16.6 Å². The van der Waals surface area contributed by atoms with Crippen molar-refractivity contribution in [2.45, 2.75) is 25.3 Å². The van der Waals surface area contributed by atoms with Crippen molar-refractivity contribution in [3.05, 3.63) is 23.9 Å². The van der Waals surface area contributed by atoms with Crippen LogP contribution in [-0.2, 0) is 13.6 Å². The third-order valence-electron chi connectivity index (χ3n) is 3.91. The Labute approximate surface area is 116 Å². The first-order valence-electron chi connectivity index (χ1n) is 6.76. The first kappa shape index (κ1) is 13.3. The van der Waals surface area contributed by atoms with Crippen LogP contribution >= 0.6 is 0 Å². The number of hydrogen-bond donors (Lipinski definition) is 1. The number of nitrogens with zero attached hydrogens (tertiary/aromatic N) is 3. The fourth-order valence-electron chi connectivity index (χ4n) is 2.72. The largest absolute Gasteiger partial charge is 0.399 e. The van der Waals surface area contributed by atoms with E-state index in [2.05, 4.69) is 5.10 Å². The summed E-state index contributed by atoms with van der Waals surface area (Å²) in [4.78, 5) is 2.03. The molecule has 1 aliphatic heterocycles. The molecule has 1 aromatic carbocycles. The molecule has 20 heavy (non-hydrogen) atoms. The maximum atomic E-state index is 13.2. The predicted molar refractivity (Wildman–Crippen MR) is 74.6 cm³/mol. The van der Waals surface area contributed by atoms with Crippen molar-refractivity contribution in [2.75, 3.05) is 18.8 Å². The summed E-state index contributed by atoms with van der Waals surface area (Å²) in [5, 5.41) is 5.50. The quantitative estimate of drug-likeness (QED) is 0.859. The average Bonchev–Trinajstić information content (AvgIpc) is 2.68. The summed E-state index contributed by atoms with van der Waals surface area (Å²) in [6, 6.07) is 5.68. The molecule has 0 unspecified atom stereocenters. The first-order chi connectivity index (χ1) is 9.44. The van der Waals surface area contributed by atoms with Gasteiger partial charge in [-0.25, -0.2) is 8.78 Å². The van der Waals surface area contributed by atoms with E-state index in [1.807, 2.05) is 34.8 Å². The Hall–Kier alpha value is -1.69. The highest BCUT2D eigenvalue weighted by atomic mass is 19.3. The minimum absolute atomic E-state index is 0.0695. The Morgan fingerprint density at radius 1 is 1.30 bits per heavy atom. The van der Waals surface area contributed by atoms with Gasteiger partial charge in [-0.1, -0.05) is 0 Å². The molecule has 108 valence electrons. The van der Waals surface area contributed by atoms with Crippen molar-refractivity contribution in [3.8, 4) is 0 Å². The third-order valence-corrected chi connectivity index (χ3v) is 3.91. The molecule has 1 saturated heterocycles. The molecule has 2 N–H and O–H groups in total. The fraction of sp³-hybridized carbons (Fsp3) is 0.500. The lowest BCUT2D eigenvalue weighted by Gasteiger charge is -2.31. The van der Waals surface area contributed by atoms with E-state index in [0.29, 0.717) is 25.3 Å². The van der Waals surface area contributed by atoms with E-state index in [1.54, 1.807) is 0 Å². The highest BCUT2D eigenvalue weighted by molar-refractivity contribution is 5.85. The molecule has 1 fully saturated rings. The molecule has 4 nitrogen and oxygen atoms in total. The van der Waals surface area contributed by atoms with Crippen molar-refractivity contribution in [3.63, 3.8) is 0 Å². The zero-order chi connectivity index (χ0) is 14.3. The van der Waals surface area contributed by atoms with E-state index < -0.39 is 5.92 Å². The molecule has 2 heterocycles. The number of rotatable bonds is 2. The lowest BCUT2D eigenvalue weighted by Crippen LogP contribution is -2.38. The van der Waals surface area contributed by atoms with E-state index in [0.717, 1.165) is 16.6 Å². The maximum absolute atomic E-state index is 13.2. The van der Waals surface area contributed by atoms with Crippen LogP contribution in [0.5, 0.6) is 0 Å². The van der Waals surface area contributed by atoms with E-state index in [4.69, 9.17) is 5.73 Å². The second-order valence-corrected chi connectivity index (χ2v) is 5.48. The van der Waals surface area contributed by atoms with E-state index >= 15 is 0 Å². The minimum Gasteiger partial charge on any atom is -0.399 e. The molecule has 6 heteroatoms. The topological polar surface area (TPSA) is 47.1 Å². The van der Waals surface area contributed by atoms with Gasteiger partial charge in [-0.2, -0.15) is 5.10 Å². The van der Waals surface area contributed by atoms with Crippen LogP contribution in [0.15, 0.2) is 18.2 Å². The minimum atomic E-state index is -2.51. The van der Waals surface area contributed by atoms with E-state index in [1.165, 1.54) is 0 Å². The molecule has 0 atom stereocenters. The van der Waals surface area contributed by atoms with Crippen LogP contribution < -0.4 is 5.73 Å². The molecule has 0 bridgehead atoms. The van der Waals surface area contributed by atoms with Crippen LogP contribution in [0.3, 0.4) is 0 Å². The van der Waals surface area contributed by atoms with Gasteiger partial charge in [0.1, 0.15) is 0 Å². The zero-order valence-corrected chi connectivity index (χ0v) is 11.4. The molecule has 0 saturated carbocycles. The average molecular weight is 280 g/mol. The molecule has 0 spiro atoms. The van der Waals surface area contributed by atoms with Gasteiger partial charge in [0.15, 0.2) is 0 Å². The van der Waals surface area contributed by atoms with Gasteiger partial charge in [-0.05, 0) is 18.2 Å². The highest BCUT2D eigenvalue weighted by Gasteiger charge is 2.34. The van der Waals surface area contributed by atoms with E-state index in [9.17, 15) is 8.78 Å². The lowest BCUT2D eigenvalue weighted by molar-refractivity contribution is -0.0567. The smallest absolute Gasteiger partial charge is 0.250 e. The Kier molecular flexibility index (Phi) is 3.12. The SMILES string of the molecule is Cn1nc(CN2CCC(F)(F)CC2)c2cc(N)ccc21. The molecule has 2 aromatic rings. The Morgan fingerprint density at radius 2 is 2.00 bits per heavy atom. The van der Waals surface area contributed by atoms with Crippen molar-refractivity contribution < 1.29 is 8.78 Å². The van der Waals surface area contributed by atoms with Gasteiger partial charge in [0.25, 0.3) is 5.92 Å². The van der Waals surface area contributed by atoms with Crippen molar-refractivity contribution in [1.82, 2.24) is 14.7 Å². The summed E-state index contributed by atoms with van der Waals surface area (Å²) in [6.45, 7) is 1.41. The van der Waals surface area contributed by atoms with E-state index in [-0.39, 0.29) is 12.8 Å². The number of halogens is 2. The summed E-state index contributed by atoms with van der Waals surface area (Å²) in [6.07, 6.45) is -0.139. The van der Waals surface area contributed by atoms with Gasteiger partial charge in [-0.3, -0.25) is 9.58 Å². The molecular weight excluding hydrogens is 262 g/mol. The Bertz CT molecular complexity index is 625. The monoisotopic (exact) mass is 280 g/mol. The van der Waals surface area contributed by atoms with Gasteiger partial charge in [0.2, 0.25) is 0 Å².